The summed E-state index contributed by atoms with van der Waals surface area (Å²) in [4.78, 5) is 18.8. The molecule has 0 aromatic heterocycles. The summed E-state index contributed by atoms with van der Waals surface area (Å²) in [5.41, 5.74) is 0.0982. The standard InChI is InChI=1S/C15H27N3O2/c1-11(2)5-16-8-15(9-16)10-17(12(3)19)6-13-4-14(20)7-18(13)15/h11,13-14,20H,4-10H2,1-3H3/t13-,14-/m1/s1. The summed E-state index contributed by atoms with van der Waals surface area (Å²) in [5.74, 6) is 0.854. The van der Waals surface area contributed by atoms with Crippen LogP contribution in [0.25, 0.3) is 0 Å². The molecule has 2 atom stereocenters. The Bertz CT molecular complexity index is 393. The van der Waals surface area contributed by atoms with Crippen molar-refractivity contribution in [1.82, 2.24) is 14.7 Å². The van der Waals surface area contributed by atoms with Crippen molar-refractivity contribution in [2.24, 2.45) is 5.92 Å². The number of carbonyl (C=O) groups is 1. The van der Waals surface area contributed by atoms with Gasteiger partial charge in [0.15, 0.2) is 0 Å². The van der Waals surface area contributed by atoms with Crippen LogP contribution in [0.2, 0.25) is 0 Å². The van der Waals surface area contributed by atoms with Crippen LogP contribution in [0.3, 0.4) is 0 Å². The number of likely N-dealkylation sites (tertiary alicyclic amines) is 1. The second kappa shape index (κ2) is 4.97. The van der Waals surface area contributed by atoms with Crippen LogP contribution < -0.4 is 0 Å². The number of hydrogen-bond donors (Lipinski definition) is 1. The molecule has 3 fully saturated rings. The Morgan fingerprint density at radius 2 is 2.00 bits per heavy atom. The van der Waals surface area contributed by atoms with E-state index < -0.39 is 0 Å². The minimum Gasteiger partial charge on any atom is -0.392 e. The van der Waals surface area contributed by atoms with Crippen molar-refractivity contribution in [2.45, 2.75) is 44.9 Å². The van der Waals surface area contributed by atoms with Gasteiger partial charge in [0.05, 0.1) is 11.6 Å². The number of carbonyl (C=O) groups excluding carboxylic acids is 1. The summed E-state index contributed by atoms with van der Waals surface area (Å²) < 4.78 is 0. The molecule has 1 amide bonds. The van der Waals surface area contributed by atoms with Crippen molar-refractivity contribution in [3.05, 3.63) is 0 Å². The van der Waals surface area contributed by atoms with Gasteiger partial charge in [-0.1, -0.05) is 13.8 Å². The molecular weight excluding hydrogens is 254 g/mol. The Morgan fingerprint density at radius 1 is 1.30 bits per heavy atom. The number of aliphatic hydroxyl groups excluding tert-OH is 1. The SMILES string of the molecule is CC(=O)N1C[C@H]2C[C@@H](O)CN2C2(CN(CC(C)C)C2)C1. The van der Waals surface area contributed by atoms with Gasteiger partial charge in [-0.05, 0) is 12.3 Å². The minimum absolute atomic E-state index is 0.0982. The molecule has 0 aliphatic carbocycles. The lowest BCUT2D eigenvalue weighted by Crippen LogP contribution is -2.78. The van der Waals surface area contributed by atoms with Crippen LogP contribution in [0.4, 0.5) is 0 Å². The molecule has 0 saturated carbocycles. The van der Waals surface area contributed by atoms with Crippen molar-refractivity contribution in [3.63, 3.8) is 0 Å². The van der Waals surface area contributed by atoms with E-state index in [-0.39, 0.29) is 17.6 Å². The van der Waals surface area contributed by atoms with Gasteiger partial charge >= 0.3 is 0 Å². The normalized spacial score (nSPS) is 33.5. The first kappa shape index (κ1) is 14.3. The number of hydrogen-bond acceptors (Lipinski definition) is 4. The van der Waals surface area contributed by atoms with Gasteiger partial charge in [-0.25, -0.2) is 0 Å². The summed E-state index contributed by atoms with van der Waals surface area (Å²) in [6.07, 6.45) is 0.596. The predicted molar refractivity (Wildman–Crippen MR) is 77.4 cm³/mol. The first-order valence-electron chi connectivity index (χ1n) is 7.82. The summed E-state index contributed by atoms with van der Waals surface area (Å²) in [7, 11) is 0. The van der Waals surface area contributed by atoms with Crippen molar-refractivity contribution < 1.29 is 9.90 Å². The molecule has 0 radical (unpaired) electrons. The Labute approximate surface area is 121 Å². The molecule has 0 aromatic rings. The Morgan fingerprint density at radius 3 is 2.60 bits per heavy atom. The van der Waals surface area contributed by atoms with E-state index in [2.05, 4.69) is 23.6 Å². The zero-order valence-electron chi connectivity index (χ0n) is 12.9. The van der Waals surface area contributed by atoms with Crippen molar-refractivity contribution in [1.29, 1.82) is 0 Å². The van der Waals surface area contributed by atoms with Crippen LogP contribution >= 0.6 is 0 Å². The highest BCUT2D eigenvalue weighted by Gasteiger charge is 2.56. The number of β-amino-alcohol motifs (C(OH)–C–C–N with tert-alkyl or cyclic N) is 1. The van der Waals surface area contributed by atoms with Crippen LogP contribution in [-0.4, -0.2) is 82.7 Å². The lowest BCUT2D eigenvalue weighted by Gasteiger charge is -2.61. The maximum atomic E-state index is 11.8. The fourth-order valence-electron chi connectivity index (χ4n) is 4.36. The third-order valence-electron chi connectivity index (χ3n) is 5.02. The Kier molecular flexibility index (Phi) is 3.55. The second-order valence-corrected chi connectivity index (χ2v) is 7.38. The monoisotopic (exact) mass is 281 g/mol. The molecule has 0 aromatic carbocycles. The fourth-order valence-corrected chi connectivity index (χ4v) is 4.36. The van der Waals surface area contributed by atoms with Crippen molar-refractivity contribution >= 4 is 5.91 Å². The van der Waals surface area contributed by atoms with Crippen LogP contribution in [0.1, 0.15) is 27.2 Å². The molecule has 0 unspecified atom stereocenters. The summed E-state index contributed by atoms with van der Waals surface area (Å²) >= 11 is 0. The Hall–Kier alpha value is -0.650. The molecule has 3 heterocycles. The highest BCUT2D eigenvalue weighted by molar-refractivity contribution is 5.73. The number of piperazine rings is 1. The van der Waals surface area contributed by atoms with E-state index in [1.807, 2.05) is 4.90 Å². The van der Waals surface area contributed by atoms with Gasteiger partial charge in [0.2, 0.25) is 5.91 Å². The topological polar surface area (TPSA) is 47.0 Å². The maximum absolute atomic E-state index is 11.8. The van der Waals surface area contributed by atoms with E-state index in [0.717, 1.165) is 45.7 Å². The van der Waals surface area contributed by atoms with Gasteiger partial charge in [0.1, 0.15) is 0 Å². The van der Waals surface area contributed by atoms with E-state index in [1.54, 1.807) is 6.92 Å². The second-order valence-electron chi connectivity index (χ2n) is 7.38. The molecule has 3 aliphatic heterocycles. The van der Waals surface area contributed by atoms with Crippen molar-refractivity contribution in [2.75, 3.05) is 39.3 Å². The Balaban J connectivity index is 1.73. The number of nitrogens with zero attached hydrogens (tertiary/aromatic N) is 3. The van der Waals surface area contributed by atoms with E-state index >= 15 is 0 Å². The third kappa shape index (κ3) is 2.36. The van der Waals surface area contributed by atoms with Crippen LogP contribution in [0.15, 0.2) is 0 Å². The van der Waals surface area contributed by atoms with Crippen LogP contribution in [-0.2, 0) is 4.79 Å². The summed E-state index contributed by atoms with van der Waals surface area (Å²) in [6, 6.07) is 0.351. The van der Waals surface area contributed by atoms with Crippen LogP contribution in [0.5, 0.6) is 0 Å². The van der Waals surface area contributed by atoms with Gasteiger partial charge in [-0.3, -0.25) is 14.6 Å². The number of fused-ring (bicyclic) bond motifs is 2. The van der Waals surface area contributed by atoms with Crippen molar-refractivity contribution in [3.8, 4) is 0 Å². The molecule has 114 valence electrons. The molecule has 5 nitrogen and oxygen atoms in total. The highest BCUT2D eigenvalue weighted by atomic mass is 16.3. The van der Waals surface area contributed by atoms with Gasteiger partial charge < -0.3 is 10.0 Å². The molecule has 3 aliphatic rings. The molecule has 5 heteroatoms. The van der Waals surface area contributed by atoms with Gasteiger partial charge in [0, 0.05) is 52.2 Å². The number of amides is 1. The molecule has 3 saturated heterocycles. The molecule has 3 rings (SSSR count). The molecule has 1 N–H and O–H groups in total. The van der Waals surface area contributed by atoms with Gasteiger partial charge in [0.25, 0.3) is 0 Å². The first-order chi connectivity index (χ1) is 9.39. The zero-order valence-corrected chi connectivity index (χ0v) is 12.9. The largest absolute Gasteiger partial charge is 0.392 e. The van der Waals surface area contributed by atoms with E-state index in [0.29, 0.717) is 12.0 Å². The quantitative estimate of drug-likeness (QED) is 0.774. The minimum atomic E-state index is -0.220. The average Bonchev–Trinajstić information content (AvgIpc) is 2.66. The van der Waals surface area contributed by atoms with Gasteiger partial charge in [-0.2, -0.15) is 0 Å². The van der Waals surface area contributed by atoms with Gasteiger partial charge in [-0.15, -0.1) is 0 Å². The summed E-state index contributed by atoms with van der Waals surface area (Å²) in [5, 5.41) is 9.99. The molecule has 0 bridgehead atoms. The van der Waals surface area contributed by atoms with E-state index in [4.69, 9.17) is 0 Å². The fraction of sp³-hybridized carbons (Fsp3) is 0.933. The van der Waals surface area contributed by atoms with E-state index in [1.165, 1.54) is 0 Å². The highest BCUT2D eigenvalue weighted by Crippen LogP contribution is 2.39. The zero-order chi connectivity index (χ0) is 14.5. The molecule has 20 heavy (non-hydrogen) atoms. The first-order valence-corrected chi connectivity index (χ1v) is 7.82. The lowest BCUT2D eigenvalue weighted by molar-refractivity contribution is -0.148. The summed E-state index contributed by atoms with van der Waals surface area (Å²) in [6.45, 7) is 11.8. The maximum Gasteiger partial charge on any atom is 0.219 e. The molecular formula is C15H27N3O2. The number of rotatable bonds is 2. The smallest absolute Gasteiger partial charge is 0.219 e. The average molecular weight is 281 g/mol. The number of aliphatic hydroxyl groups is 1. The molecule has 1 spiro atoms. The predicted octanol–water partition coefficient (Wildman–Crippen LogP) is -0.00590. The van der Waals surface area contributed by atoms with Crippen LogP contribution in [0, 0.1) is 5.92 Å². The lowest BCUT2D eigenvalue weighted by atomic mass is 9.83. The third-order valence-corrected chi connectivity index (χ3v) is 5.02. The van der Waals surface area contributed by atoms with E-state index in [9.17, 15) is 9.90 Å².